The summed E-state index contributed by atoms with van der Waals surface area (Å²) >= 11 is 3.42. The largest absolute Gasteiger partial charge is 0.354 e. The molecular weight excluding hydrogens is 628 g/mol. The van der Waals surface area contributed by atoms with E-state index in [-0.39, 0.29) is 55.8 Å². The Labute approximate surface area is 255 Å². The predicted molar refractivity (Wildman–Crippen MR) is 164 cm³/mol. The Hall–Kier alpha value is -3.31. The summed E-state index contributed by atoms with van der Waals surface area (Å²) in [6, 6.07) is 18.9. The first kappa shape index (κ1) is 33.2. The summed E-state index contributed by atoms with van der Waals surface area (Å²) in [5.74, 6) is -2.67. The molecule has 0 aliphatic rings. The lowest BCUT2D eigenvalue weighted by Gasteiger charge is -2.32. The van der Waals surface area contributed by atoms with E-state index in [9.17, 15) is 26.8 Å². The van der Waals surface area contributed by atoms with Crippen LogP contribution in [0.3, 0.4) is 0 Å². The van der Waals surface area contributed by atoms with E-state index in [0.717, 1.165) is 38.3 Å². The minimum absolute atomic E-state index is 0.0365. The second-order valence-corrected chi connectivity index (χ2v) is 13.4. The smallest absolute Gasteiger partial charge is 0.243 e. The Balaban J connectivity index is 1.88. The van der Waals surface area contributed by atoms with Crippen LogP contribution in [0, 0.1) is 17.6 Å². The third-order valence-electron chi connectivity index (χ3n) is 6.57. The number of carbonyl (C=O) groups is 2. The highest BCUT2D eigenvalue weighted by Gasteiger charge is 2.30. The fraction of sp³-hybridized carbons (Fsp3) is 0.355. The van der Waals surface area contributed by atoms with Gasteiger partial charge in [0.2, 0.25) is 21.8 Å². The van der Waals surface area contributed by atoms with Crippen molar-refractivity contribution in [2.75, 3.05) is 23.7 Å². The van der Waals surface area contributed by atoms with Gasteiger partial charge < -0.3 is 10.2 Å². The van der Waals surface area contributed by atoms with Gasteiger partial charge in [0.1, 0.15) is 6.04 Å². The molecule has 0 aliphatic carbocycles. The summed E-state index contributed by atoms with van der Waals surface area (Å²) < 4.78 is 54.1. The SMILES string of the molecule is CC(C)CNC(=O)[C@@H](Cc1ccccc1)N(Cc1ccc(Br)cc1)C(=O)CCCN(c1ccc(F)c(F)c1)S(C)(=O)=O. The van der Waals surface area contributed by atoms with Crippen LogP contribution in [0.25, 0.3) is 0 Å². The van der Waals surface area contributed by atoms with Crippen molar-refractivity contribution in [1.82, 2.24) is 10.2 Å². The second-order valence-electron chi connectivity index (χ2n) is 10.5. The maximum atomic E-state index is 13.9. The average Bonchev–Trinajstić information content (AvgIpc) is 2.94. The number of nitrogens with one attached hydrogen (secondary N) is 1. The van der Waals surface area contributed by atoms with E-state index >= 15 is 0 Å². The Morgan fingerprint density at radius 3 is 2.19 bits per heavy atom. The molecule has 0 spiro atoms. The van der Waals surface area contributed by atoms with Gasteiger partial charge in [-0.25, -0.2) is 17.2 Å². The molecule has 0 unspecified atom stereocenters. The number of hydrogen-bond donors (Lipinski definition) is 1. The Bertz CT molecular complexity index is 1450. The molecule has 11 heteroatoms. The molecule has 0 bridgehead atoms. The quantitative estimate of drug-likeness (QED) is 0.240. The van der Waals surface area contributed by atoms with Crippen molar-refractivity contribution < 1.29 is 26.8 Å². The summed E-state index contributed by atoms with van der Waals surface area (Å²) in [5, 5.41) is 2.96. The van der Waals surface area contributed by atoms with Crippen LogP contribution in [0.15, 0.2) is 77.3 Å². The van der Waals surface area contributed by atoms with E-state index in [1.165, 1.54) is 11.0 Å². The maximum Gasteiger partial charge on any atom is 0.243 e. The molecule has 1 N–H and O–H groups in total. The molecule has 0 saturated heterocycles. The number of amides is 2. The number of nitrogens with zero attached hydrogens (tertiary/aromatic N) is 2. The first-order valence-electron chi connectivity index (χ1n) is 13.6. The fourth-order valence-corrected chi connectivity index (χ4v) is 5.63. The number of anilines is 1. The molecular formula is C31H36BrF2N3O4S. The van der Waals surface area contributed by atoms with E-state index < -0.39 is 27.7 Å². The predicted octanol–water partition coefficient (Wildman–Crippen LogP) is 5.69. The Morgan fingerprint density at radius 2 is 1.60 bits per heavy atom. The standard InChI is InChI=1S/C31H36BrF2N3O4S/c1-22(2)20-35-31(39)29(18-23-8-5-4-6-9-23)36(21-24-11-13-25(32)14-12-24)30(38)10-7-17-37(42(3,40)41)26-15-16-27(33)28(34)19-26/h4-6,8-9,11-16,19,22,29H,7,10,17-18,20-21H2,1-3H3,(H,35,39)/t29-/m1/s1. The summed E-state index contributed by atoms with van der Waals surface area (Å²) in [6.45, 7) is 4.44. The molecule has 0 radical (unpaired) electrons. The van der Waals surface area contributed by atoms with Gasteiger partial charge in [-0.2, -0.15) is 0 Å². The summed E-state index contributed by atoms with van der Waals surface area (Å²) in [5.41, 5.74) is 1.67. The summed E-state index contributed by atoms with van der Waals surface area (Å²) in [7, 11) is -3.85. The highest BCUT2D eigenvalue weighted by molar-refractivity contribution is 9.10. The van der Waals surface area contributed by atoms with Crippen molar-refractivity contribution >= 4 is 43.5 Å². The lowest BCUT2D eigenvalue weighted by molar-refractivity contribution is -0.141. The number of hydrogen-bond acceptors (Lipinski definition) is 4. The molecule has 0 aromatic heterocycles. The lowest BCUT2D eigenvalue weighted by Crippen LogP contribution is -2.51. The monoisotopic (exact) mass is 663 g/mol. The number of halogens is 3. The number of sulfonamides is 1. The zero-order chi connectivity index (χ0) is 30.9. The maximum absolute atomic E-state index is 13.9. The normalized spacial score (nSPS) is 12.2. The first-order chi connectivity index (χ1) is 19.8. The topological polar surface area (TPSA) is 86.8 Å². The number of benzene rings is 3. The van der Waals surface area contributed by atoms with E-state index in [4.69, 9.17) is 0 Å². The van der Waals surface area contributed by atoms with Gasteiger partial charge in [-0.1, -0.05) is 72.2 Å². The van der Waals surface area contributed by atoms with Gasteiger partial charge in [-0.3, -0.25) is 13.9 Å². The van der Waals surface area contributed by atoms with Crippen molar-refractivity contribution in [1.29, 1.82) is 0 Å². The van der Waals surface area contributed by atoms with E-state index in [1.807, 2.05) is 68.4 Å². The molecule has 3 rings (SSSR count). The van der Waals surface area contributed by atoms with Gasteiger partial charge in [0, 0.05) is 43.0 Å². The highest BCUT2D eigenvalue weighted by atomic mass is 79.9. The Kier molecular flexibility index (Phi) is 12.0. The molecule has 7 nitrogen and oxygen atoms in total. The molecule has 0 fully saturated rings. The van der Waals surface area contributed by atoms with E-state index in [0.29, 0.717) is 6.54 Å². The lowest BCUT2D eigenvalue weighted by atomic mass is 10.0. The highest BCUT2D eigenvalue weighted by Crippen LogP contribution is 2.22. The van der Waals surface area contributed by atoms with Crippen LogP contribution in [0.1, 0.15) is 37.8 Å². The molecule has 2 amide bonds. The third kappa shape index (κ3) is 9.90. The van der Waals surface area contributed by atoms with Gasteiger partial charge >= 0.3 is 0 Å². The van der Waals surface area contributed by atoms with Crippen molar-refractivity contribution in [3.8, 4) is 0 Å². The molecule has 1 atom stereocenters. The minimum Gasteiger partial charge on any atom is -0.354 e. The van der Waals surface area contributed by atoms with Crippen LogP contribution in [0.5, 0.6) is 0 Å². The van der Waals surface area contributed by atoms with Crippen molar-refractivity contribution in [3.05, 3.63) is 100 Å². The van der Waals surface area contributed by atoms with Crippen molar-refractivity contribution in [3.63, 3.8) is 0 Å². The third-order valence-corrected chi connectivity index (χ3v) is 8.29. The number of rotatable bonds is 14. The molecule has 3 aromatic carbocycles. The van der Waals surface area contributed by atoms with Crippen LogP contribution in [0.2, 0.25) is 0 Å². The minimum atomic E-state index is -3.85. The van der Waals surface area contributed by atoms with Crippen molar-refractivity contribution in [2.45, 2.75) is 45.7 Å². The zero-order valence-corrected chi connectivity index (χ0v) is 26.3. The van der Waals surface area contributed by atoms with Crippen LogP contribution in [-0.4, -0.2) is 50.5 Å². The van der Waals surface area contributed by atoms with Gasteiger partial charge in [0.25, 0.3) is 0 Å². The number of carbonyl (C=O) groups excluding carboxylic acids is 2. The van der Waals surface area contributed by atoms with Gasteiger partial charge in [0.05, 0.1) is 11.9 Å². The zero-order valence-electron chi connectivity index (χ0n) is 23.9. The van der Waals surface area contributed by atoms with Crippen LogP contribution in [-0.2, 0) is 32.6 Å². The Morgan fingerprint density at radius 1 is 0.929 bits per heavy atom. The van der Waals surface area contributed by atoms with Gasteiger partial charge in [0.15, 0.2) is 11.6 Å². The van der Waals surface area contributed by atoms with Crippen LogP contribution < -0.4 is 9.62 Å². The van der Waals surface area contributed by atoms with Crippen LogP contribution in [0.4, 0.5) is 14.5 Å². The molecule has 3 aromatic rings. The molecule has 0 saturated carbocycles. The average molecular weight is 665 g/mol. The molecule has 226 valence electrons. The summed E-state index contributed by atoms with van der Waals surface area (Å²) in [4.78, 5) is 28.9. The summed E-state index contributed by atoms with van der Waals surface area (Å²) in [6.07, 6.45) is 1.27. The molecule has 0 aliphatic heterocycles. The van der Waals surface area contributed by atoms with Crippen molar-refractivity contribution in [2.24, 2.45) is 5.92 Å². The van der Waals surface area contributed by atoms with Gasteiger partial charge in [-0.05, 0) is 47.7 Å². The second kappa shape index (κ2) is 15.2. The van der Waals surface area contributed by atoms with Crippen LogP contribution >= 0.6 is 15.9 Å². The van der Waals surface area contributed by atoms with Gasteiger partial charge in [-0.15, -0.1) is 0 Å². The first-order valence-corrected chi connectivity index (χ1v) is 16.3. The molecule has 42 heavy (non-hydrogen) atoms. The van der Waals surface area contributed by atoms with E-state index in [1.54, 1.807) is 0 Å². The van der Waals surface area contributed by atoms with E-state index in [2.05, 4.69) is 21.2 Å². The molecule has 0 heterocycles. The fourth-order valence-electron chi connectivity index (χ4n) is 4.41.